The molecule has 2 aromatic rings. The van der Waals surface area contributed by atoms with Crippen molar-refractivity contribution >= 4 is 22.4 Å². The normalized spacial score (nSPS) is 18.7. The van der Waals surface area contributed by atoms with Gasteiger partial charge in [0.1, 0.15) is 11.6 Å². The lowest BCUT2D eigenvalue weighted by atomic mass is 10.2. The van der Waals surface area contributed by atoms with Gasteiger partial charge in [0.25, 0.3) is 0 Å². The molecule has 0 spiro atoms. The second-order valence-electron chi connectivity index (χ2n) is 5.54. The molecule has 8 heteroatoms. The summed E-state index contributed by atoms with van der Waals surface area (Å²) in [6.45, 7) is 6.00. The van der Waals surface area contributed by atoms with E-state index in [0.717, 1.165) is 37.6 Å². The van der Waals surface area contributed by atoms with Gasteiger partial charge < -0.3 is 5.32 Å². The van der Waals surface area contributed by atoms with E-state index in [-0.39, 0.29) is 5.91 Å². The third-order valence-electron chi connectivity index (χ3n) is 3.87. The Labute approximate surface area is 133 Å². The van der Waals surface area contributed by atoms with E-state index in [1.807, 2.05) is 23.9 Å². The van der Waals surface area contributed by atoms with Crippen LogP contribution in [-0.4, -0.2) is 49.7 Å². The molecule has 0 aromatic carbocycles. The molecule has 3 rings (SSSR count). The Kier molecular flexibility index (Phi) is 4.49. The van der Waals surface area contributed by atoms with E-state index in [9.17, 15) is 4.79 Å². The first-order chi connectivity index (χ1) is 10.6. The average Bonchev–Trinajstić information content (AvgIpc) is 3.16. The Morgan fingerprint density at radius 3 is 3.05 bits per heavy atom. The highest BCUT2D eigenvalue weighted by molar-refractivity contribution is 7.13. The van der Waals surface area contributed by atoms with Gasteiger partial charge in [-0.15, -0.1) is 11.3 Å². The number of hydrogen-bond acceptors (Lipinski definition) is 6. The van der Waals surface area contributed by atoms with Crippen molar-refractivity contribution in [3.8, 4) is 0 Å². The van der Waals surface area contributed by atoms with Gasteiger partial charge in [-0.3, -0.25) is 9.69 Å². The van der Waals surface area contributed by atoms with Crippen LogP contribution in [-0.2, 0) is 11.3 Å². The Hall–Kier alpha value is -1.80. The summed E-state index contributed by atoms with van der Waals surface area (Å²) in [6, 6.07) is 0.335. The largest absolute Gasteiger partial charge is 0.301 e. The molecule has 3 heterocycles. The molecule has 0 radical (unpaired) electrons. The summed E-state index contributed by atoms with van der Waals surface area (Å²) in [4.78, 5) is 22.7. The van der Waals surface area contributed by atoms with E-state index in [1.54, 1.807) is 6.20 Å². The molecule has 1 atom stereocenters. The maximum atomic E-state index is 12.1. The first kappa shape index (κ1) is 15.1. The highest BCUT2D eigenvalue weighted by Crippen LogP contribution is 2.19. The van der Waals surface area contributed by atoms with Crippen LogP contribution >= 0.6 is 11.3 Å². The summed E-state index contributed by atoms with van der Waals surface area (Å²) in [5.74, 6) is 1.72. The first-order valence-electron chi connectivity index (χ1n) is 7.43. The van der Waals surface area contributed by atoms with Crippen LogP contribution in [0.1, 0.15) is 24.5 Å². The zero-order valence-corrected chi connectivity index (χ0v) is 13.6. The van der Waals surface area contributed by atoms with Gasteiger partial charge in [-0.1, -0.05) is 0 Å². The van der Waals surface area contributed by atoms with Gasteiger partial charge in [-0.05, 0) is 33.2 Å². The number of amides is 1. The second kappa shape index (κ2) is 6.53. The Bertz CT molecular complexity index is 638. The zero-order chi connectivity index (χ0) is 15.5. The Morgan fingerprint density at radius 2 is 2.36 bits per heavy atom. The van der Waals surface area contributed by atoms with Crippen LogP contribution in [0.3, 0.4) is 0 Å². The second-order valence-corrected chi connectivity index (χ2v) is 6.43. The van der Waals surface area contributed by atoms with E-state index in [2.05, 4.69) is 25.3 Å². The minimum Gasteiger partial charge on any atom is -0.301 e. The van der Waals surface area contributed by atoms with Crippen LogP contribution < -0.4 is 5.32 Å². The van der Waals surface area contributed by atoms with Gasteiger partial charge in [0.15, 0.2) is 5.13 Å². The van der Waals surface area contributed by atoms with Crippen LogP contribution in [0.25, 0.3) is 0 Å². The van der Waals surface area contributed by atoms with Gasteiger partial charge in [-0.25, -0.2) is 14.6 Å². The lowest BCUT2D eigenvalue weighted by molar-refractivity contribution is -0.117. The van der Waals surface area contributed by atoms with Gasteiger partial charge >= 0.3 is 0 Å². The maximum Gasteiger partial charge on any atom is 0.240 e. The third-order valence-corrected chi connectivity index (χ3v) is 4.56. The standard InChI is InChI=1S/C14H20N6OS/c1-10-16-11(2)20(18-10)8-12-4-3-6-19(12)9-13(21)17-14-15-5-7-22-14/h5,7,12H,3-4,6,8-9H2,1-2H3,(H,15,17,21)/t12-/m0/s1. The number of carbonyl (C=O) groups excluding carboxylic acids is 1. The van der Waals surface area contributed by atoms with Gasteiger partial charge in [0.2, 0.25) is 5.91 Å². The molecule has 118 valence electrons. The van der Waals surface area contributed by atoms with Crippen LogP contribution in [0, 0.1) is 13.8 Å². The molecule has 0 saturated carbocycles. The van der Waals surface area contributed by atoms with Crippen LogP contribution in [0.15, 0.2) is 11.6 Å². The fraction of sp³-hybridized carbons (Fsp3) is 0.571. The number of thiazole rings is 1. The Morgan fingerprint density at radius 1 is 1.50 bits per heavy atom. The van der Waals surface area contributed by atoms with Crippen molar-refractivity contribution in [2.45, 2.75) is 39.3 Å². The molecule has 1 aliphatic rings. The summed E-state index contributed by atoms with van der Waals surface area (Å²) < 4.78 is 1.94. The van der Waals surface area contributed by atoms with Crippen LogP contribution in [0.5, 0.6) is 0 Å². The molecule has 22 heavy (non-hydrogen) atoms. The molecule has 1 fully saturated rings. The van der Waals surface area contributed by atoms with Gasteiger partial charge in [-0.2, -0.15) is 5.10 Å². The smallest absolute Gasteiger partial charge is 0.240 e. The molecule has 2 aromatic heterocycles. The van der Waals surface area contributed by atoms with Crippen molar-refractivity contribution < 1.29 is 4.79 Å². The number of nitrogens with zero attached hydrogens (tertiary/aromatic N) is 5. The molecule has 0 bridgehead atoms. The van der Waals surface area contributed by atoms with Crippen molar-refractivity contribution in [1.82, 2.24) is 24.6 Å². The number of aryl methyl sites for hydroxylation is 2. The zero-order valence-electron chi connectivity index (χ0n) is 12.8. The average molecular weight is 320 g/mol. The molecule has 0 unspecified atom stereocenters. The first-order valence-corrected chi connectivity index (χ1v) is 8.31. The molecule has 1 saturated heterocycles. The molecule has 1 N–H and O–H groups in total. The highest BCUT2D eigenvalue weighted by Gasteiger charge is 2.27. The van der Waals surface area contributed by atoms with Crippen molar-refractivity contribution in [3.63, 3.8) is 0 Å². The molecular formula is C14H20N6OS. The third kappa shape index (κ3) is 3.50. The molecule has 7 nitrogen and oxygen atoms in total. The fourth-order valence-corrected chi connectivity index (χ4v) is 3.42. The fourth-order valence-electron chi connectivity index (χ4n) is 2.87. The number of carbonyl (C=O) groups is 1. The van der Waals surface area contributed by atoms with Crippen molar-refractivity contribution in [2.24, 2.45) is 0 Å². The number of nitrogens with one attached hydrogen (secondary N) is 1. The van der Waals surface area contributed by atoms with E-state index in [1.165, 1.54) is 11.3 Å². The summed E-state index contributed by atoms with van der Waals surface area (Å²) >= 11 is 1.43. The summed E-state index contributed by atoms with van der Waals surface area (Å²) in [5, 5.41) is 9.77. The SMILES string of the molecule is Cc1nc(C)n(C[C@@H]2CCCN2CC(=O)Nc2nccs2)n1. The summed E-state index contributed by atoms with van der Waals surface area (Å²) in [7, 11) is 0. The van der Waals surface area contributed by atoms with Gasteiger partial charge in [0, 0.05) is 17.6 Å². The van der Waals surface area contributed by atoms with E-state index in [0.29, 0.717) is 17.7 Å². The van der Waals surface area contributed by atoms with Crippen molar-refractivity contribution in [2.75, 3.05) is 18.4 Å². The predicted octanol–water partition coefficient (Wildman–Crippen LogP) is 1.45. The number of aromatic nitrogens is 4. The van der Waals surface area contributed by atoms with Crippen LogP contribution in [0.4, 0.5) is 5.13 Å². The maximum absolute atomic E-state index is 12.1. The van der Waals surface area contributed by atoms with E-state index < -0.39 is 0 Å². The molecule has 0 aliphatic carbocycles. The van der Waals surface area contributed by atoms with Crippen molar-refractivity contribution in [1.29, 1.82) is 0 Å². The topological polar surface area (TPSA) is 75.9 Å². The lowest BCUT2D eigenvalue weighted by Gasteiger charge is -2.23. The quantitative estimate of drug-likeness (QED) is 0.902. The predicted molar refractivity (Wildman–Crippen MR) is 84.8 cm³/mol. The molecule has 1 aliphatic heterocycles. The minimum absolute atomic E-state index is 0.00616. The van der Waals surface area contributed by atoms with E-state index in [4.69, 9.17) is 0 Å². The number of hydrogen-bond donors (Lipinski definition) is 1. The van der Waals surface area contributed by atoms with Crippen molar-refractivity contribution in [3.05, 3.63) is 23.2 Å². The van der Waals surface area contributed by atoms with E-state index >= 15 is 0 Å². The number of anilines is 1. The van der Waals surface area contributed by atoms with Crippen LogP contribution in [0.2, 0.25) is 0 Å². The Balaban J connectivity index is 1.58. The monoisotopic (exact) mass is 320 g/mol. The highest BCUT2D eigenvalue weighted by atomic mass is 32.1. The molecule has 1 amide bonds. The minimum atomic E-state index is -0.00616. The number of likely N-dealkylation sites (tertiary alicyclic amines) is 1. The lowest BCUT2D eigenvalue weighted by Crippen LogP contribution is -2.39. The molecular weight excluding hydrogens is 300 g/mol. The number of rotatable bonds is 5. The summed E-state index contributed by atoms with van der Waals surface area (Å²) in [6.07, 6.45) is 3.89. The summed E-state index contributed by atoms with van der Waals surface area (Å²) in [5.41, 5.74) is 0. The van der Waals surface area contributed by atoms with Gasteiger partial charge in [0.05, 0.1) is 13.1 Å².